The summed E-state index contributed by atoms with van der Waals surface area (Å²) in [6, 6.07) is 10.8. The fourth-order valence-corrected chi connectivity index (χ4v) is 0.470. The molecule has 0 fully saturated rings. The quantitative estimate of drug-likeness (QED) is 0.358. The van der Waals surface area contributed by atoms with E-state index in [0.717, 1.165) is 6.42 Å². The summed E-state index contributed by atoms with van der Waals surface area (Å²) in [6.45, 7) is 7.79. The van der Waals surface area contributed by atoms with Crippen LogP contribution in [0.15, 0.2) is 24.3 Å². The predicted octanol–water partition coefficient (Wildman–Crippen LogP) is -6.33. The first kappa shape index (κ1) is 36.0. The van der Waals surface area contributed by atoms with Crippen LogP contribution in [-0.4, -0.2) is 40.4 Å². The molecule has 0 atom stereocenters. The van der Waals surface area contributed by atoms with E-state index in [2.05, 4.69) is 26.8 Å². The molecular formula is C11H16AlCl3Mg. The van der Waals surface area contributed by atoms with Gasteiger partial charge in [0.25, 0.3) is 0 Å². The van der Waals surface area contributed by atoms with E-state index < -0.39 is 0 Å². The minimum absolute atomic E-state index is 0. The molecule has 0 spiro atoms. The van der Waals surface area contributed by atoms with Crippen molar-refractivity contribution in [2.24, 2.45) is 0 Å². The number of hydrogen-bond acceptors (Lipinski definition) is 0. The van der Waals surface area contributed by atoms with Crippen molar-refractivity contribution in [2.75, 3.05) is 0 Å². The van der Waals surface area contributed by atoms with Gasteiger partial charge in [0.2, 0.25) is 0 Å². The van der Waals surface area contributed by atoms with Gasteiger partial charge in [-0.2, -0.15) is 42.3 Å². The summed E-state index contributed by atoms with van der Waals surface area (Å²) in [6.07, 6.45) is 2.28. The van der Waals surface area contributed by atoms with E-state index in [1.165, 1.54) is 12.0 Å². The minimum atomic E-state index is 0. The first-order valence-electron chi connectivity index (χ1n) is 4.03. The van der Waals surface area contributed by atoms with Gasteiger partial charge >= 0.3 is 40.4 Å². The Morgan fingerprint density at radius 3 is 1.56 bits per heavy atom. The fraction of sp³-hybridized carbons (Fsp3) is 0.364. The zero-order valence-corrected chi connectivity index (χ0v) is 14.7. The van der Waals surface area contributed by atoms with Crippen LogP contribution in [-0.2, 0) is 0 Å². The van der Waals surface area contributed by atoms with Gasteiger partial charge in [-0.15, -0.1) is 0 Å². The number of hydrogen-bond donors (Lipinski definition) is 0. The predicted molar refractivity (Wildman–Crippen MR) is 61.8 cm³/mol. The van der Waals surface area contributed by atoms with Crippen molar-refractivity contribution in [1.82, 2.24) is 0 Å². The van der Waals surface area contributed by atoms with Crippen LogP contribution in [0.5, 0.6) is 0 Å². The summed E-state index contributed by atoms with van der Waals surface area (Å²) in [5.41, 5.74) is 1.29. The van der Waals surface area contributed by atoms with Crippen LogP contribution in [0.1, 0.15) is 25.3 Å². The normalized spacial score (nSPS) is 5.69. The Balaban J connectivity index is -0.0000000257. The van der Waals surface area contributed by atoms with Crippen LogP contribution in [0, 0.1) is 19.9 Å². The van der Waals surface area contributed by atoms with Gasteiger partial charge in [-0.05, 0) is 0 Å². The SMILES string of the molecule is Cc1cc[c-]cc1.[Al+3].[CH2-]CCC.[Cl-].[Cl-].[Cl-].[Mg+2]. The molecule has 0 heterocycles. The van der Waals surface area contributed by atoms with E-state index in [-0.39, 0.29) is 77.6 Å². The summed E-state index contributed by atoms with van der Waals surface area (Å²) in [7, 11) is 0. The Morgan fingerprint density at radius 2 is 1.44 bits per heavy atom. The molecule has 0 unspecified atom stereocenters. The number of unbranched alkanes of at least 4 members (excludes halogenated alkanes) is 1. The molecule has 0 aliphatic rings. The van der Waals surface area contributed by atoms with Crippen LogP contribution < -0.4 is 37.2 Å². The molecule has 5 heteroatoms. The van der Waals surface area contributed by atoms with Crippen LogP contribution in [0.3, 0.4) is 0 Å². The zero-order chi connectivity index (χ0) is 8.53. The number of benzene rings is 1. The largest absolute Gasteiger partial charge is 3.00 e. The van der Waals surface area contributed by atoms with Gasteiger partial charge in [0.05, 0.1) is 0 Å². The maximum atomic E-state index is 3.60. The molecule has 0 amide bonds. The molecule has 0 aliphatic carbocycles. The second-order valence-corrected chi connectivity index (χ2v) is 2.43. The van der Waals surface area contributed by atoms with E-state index in [1.807, 2.05) is 24.3 Å². The van der Waals surface area contributed by atoms with Crippen LogP contribution in [0.4, 0.5) is 0 Å². The average molecular weight is 306 g/mol. The van der Waals surface area contributed by atoms with Crippen LogP contribution in [0.2, 0.25) is 0 Å². The number of rotatable bonds is 1. The third-order valence-electron chi connectivity index (χ3n) is 1.24. The second-order valence-electron chi connectivity index (χ2n) is 2.43. The molecule has 0 radical (unpaired) electrons. The van der Waals surface area contributed by atoms with Gasteiger partial charge in [0, 0.05) is 0 Å². The van der Waals surface area contributed by atoms with E-state index in [1.54, 1.807) is 0 Å². The van der Waals surface area contributed by atoms with Crippen LogP contribution in [0.25, 0.3) is 0 Å². The fourth-order valence-electron chi connectivity index (χ4n) is 0.470. The summed E-state index contributed by atoms with van der Waals surface area (Å²) >= 11 is 0. The molecule has 1 aromatic carbocycles. The molecule has 86 valence electrons. The first-order chi connectivity index (χ1) is 5.31. The van der Waals surface area contributed by atoms with E-state index >= 15 is 0 Å². The van der Waals surface area contributed by atoms with Crippen molar-refractivity contribution in [3.63, 3.8) is 0 Å². The standard InChI is InChI=1S/C7H7.C4H9.Al.3ClH.Mg/c1-7-5-3-2-4-6-7;1-3-4-2;;;;;/h3-6H,1H3;1,3-4H2,2H3;;3*1H;/q2*-1;+3;;;;+2/p-3. The molecule has 0 aliphatic heterocycles. The first-order valence-corrected chi connectivity index (χ1v) is 4.03. The van der Waals surface area contributed by atoms with Gasteiger partial charge < -0.3 is 44.1 Å². The molecule has 1 rings (SSSR count). The average Bonchev–Trinajstić information content (AvgIpc) is 2.07. The van der Waals surface area contributed by atoms with Crippen molar-refractivity contribution in [2.45, 2.75) is 26.7 Å². The Labute approximate surface area is 146 Å². The van der Waals surface area contributed by atoms with E-state index in [0.29, 0.717) is 0 Å². The van der Waals surface area contributed by atoms with Crippen molar-refractivity contribution in [3.8, 4) is 0 Å². The van der Waals surface area contributed by atoms with Crippen molar-refractivity contribution in [3.05, 3.63) is 42.8 Å². The van der Waals surface area contributed by atoms with E-state index in [9.17, 15) is 0 Å². The maximum absolute atomic E-state index is 3.60. The third-order valence-corrected chi connectivity index (χ3v) is 1.24. The van der Waals surface area contributed by atoms with Crippen molar-refractivity contribution < 1.29 is 37.2 Å². The van der Waals surface area contributed by atoms with Crippen LogP contribution >= 0.6 is 0 Å². The van der Waals surface area contributed by atoms with Gasteiger partial charge in [-0.1, -0.05) is 20.3 Å². The summed E-state index contributed by atoms with van der Waals surface area (Å²) < 4.78 is 0. The van der Waals surface area contributed by atoms with Gasteiger partial charge in [0.15, 0.2) is 0 Å². The zero-order valence-electron chi connectivity index (χ0n) is 9.85. The third kappa shape index (κ3) is 29.5. The Kier molecular flexibility index (Phi) is 67.3. The topological polar surface area (TPSA) is 0 Å². The molecule has 1 aromatic rings. The summed E-state index contributed by atoms with van der Waals surface area (Å²) in [4.78, 5) is 0. The molecule has 0 nitrogen and oxygen atoms in total. The Hall–Kier alpha value is 1.39. The van der Waals surface area contributed by atoms with Gasteiger partial charge in [-0.25, -0.2) is 0 Å². The summed E-state index contributed by atoms with van der Waals surface area (Å²) in [5, 5.41) is 0. The molecule has 0 N–H and O–H groups in total. The van der Waals surface area contributed by atoms with Crippen molar-refractivity contribution >= 4 is 40.4 Å². The monoisotopic (exact) mass is 304 g/mol. The minimum Gasteiger partial charge on any atom is -1.00 e. The van der Waals surface area contributed by atoms with Gasteiger partial charge in [-0.3, -0.25) is 0 Å². The molecular weight excluding hydrogens is 290 g/mol. The molecule has 0 saturated carbocycles. The number of aryl methyl sites for hydroxylation is 1. The van der Waals surface area contributed by atoms with Crippen molar-refractivity contribution in [1.29, 1.82) is 0 Å². The molecule has 0 saturated heterocycles. The summed E-state index contributed by atoms with van der Waals surface area (Å²) in [5.74, 6) is 0. The Morgan fingerprint density at radius 1 is 1.12 bits per heavy atom. The molecule has 0 bridgehead atoms. The Bertz CT molecular complexity index is 172. The second kappa shape index (κ2) is 29.9. The molecule has 16 heavy (non-hydrogen) atoms. The smallest absolute Gasteiger partial charge is 1.00 e. The van der Waals surface area contributed by atoms with E-state index in [4.69, 9.17) is 0 Å². The maximum Gasteiger partial charge on any atom is 3.00 e. The number of halogens is 3. The molecule has 0 aromatic heterocycles. The van der Waals surface area contributed by atoms with Gasteiger partial charge in [0.1, 0.15) is 0 Å².